The Morgan fingerprint density at radius 2 is 0.937 bits per heavy atom. The summed E-state index contributed by atoms with van der Waals surface area (Å²) >= 11 is 0. The normalized spacial score (nSPS) is 13.4. The number of aromatic carboxylic acids is 1. The van der Waals surface area contributed by atoms with Crippen LogP contribution >= 0.6 is 0 Å². The molecule has 2 saturated carbocycles. The summed E-state index contributed by atoms with van der Waals surface area (Å²) in [6.45, 7) is 6.58. The third-order valence-corrected chi connectivity index (χ3v) is 13.8. The van der Waals surface area contributed by atoms with Gasteiger partial charge in [0.25, 0.3) is 11.8 Å². The fourth-order valence-corrected chi connectivity index (χ4v) is 9.28. The largest absolute Gasteiger partial charge is 0.478 e. The lowest BCUT2D eigenvalue weighted by molar-refractivity contribution is -0.132. The molecule has 2 aromatic heterocycles. The fourth-order valence-electron chi connectivity index (χ4n) is 9.28. The first-order valence-electron chi connectivity index (χ1n) is 25.5. The van der Waals surface area contributed by atoms with Crippen LogP contribution in [0.3, 0.4) is 0 Å². The quantitative estimate of drug-likeness (QED) is 0.0461. The number of benzene rings is 6. The van der Waals surface area contributed by atoms with E-state index < -0.39 is 37.1 Å². The van der Waals surface area contributed by atoms with Gasteiger partial charge in [-0.25, -0.2) is 19.6 Å². The van der Waals surface area contributed by atoms with Crippen molar-refractivity contribution in [2.24, 2.45) is 0 Å². The maximum absolute atomic E-state index is 12.9. The van der Waals surface area contributed by atoms with E-state index in [9.17, 15) is 50.6 Å². The molecule has 0 spiro atoms. The van der Waals surface area contributed by atoms with E-state index in [4.69, 9.17) is 4.74 Å². The summed E-state index contributed by atoms with van der Waals surface area (Å²) in [6.07, 6.45) is -3.41. The van der Waals surface area contributed by atoms with Gasteiger partial charge >= 0.3 is 24.3 Å². The van der Waals surface area contributed by atoms with E-state index in [0.29, 0.717) is 72.4 Å². The summed E-state index contributed by atoms with van der Waals surface area (Å²) in [4.78, 5) is 57.8. The van der Waals surface area contributed by atoms with E-state index in [-0.39, 0.29) is 42.6 Å². The molecule has 410 valence electrons. The Balaban J connectivity index is 0.000000192. The monoisotopic (exact) mass is 1090 g/mol. The molecular weight excluding hydrogens is 1030 g/mol. The van der Waals surface area contributed by atoms with E-state index in [0.717, 1.165) is 59.3 Å². The number of amides is 2. The zero-order chi connectivity index (χ0) is 56.5. The Hall–Kier alpha value is -8.68. The molecule has 0 atom stereocenters. The van der Waals surface area contributed by atoms with Crippen LogP contribution in [0, 0.1) is 27.7 Å². The fraction of sp³-hybridized carbons (Fsp3) is 0.288. The number of nitrogens with zero attached hydrogens (tertiary/aromatic N) is 4. The van der Waals surface area contributed by atoms with E-state index in [1.165, 1.54) is 13.2 Å². The molecule has 20 heteroatoms. The number of methoxy groups -OCH3 is 1. The number of carbonyl (C=O) groups excluding carboxylic acids is 3. The minimum atomic E-state index is -4.31. The summed E-state index contributed by atoms with van der Waals surface area (Å²) in [7, 11) is 1.32. The van der Waals surface area contributed by atoms with Crippen molar-refractivity contribution in [2.75, 3.05) is 30.8 Å². The number of esters is 1. The Labute approximate surface area is 450 Å². The Bertz CT molecular complexity index is 3670. The van der Waals surface area contributed by atoms with Gasteiger partial charge in [0.2, 0.25) is 0 Å². The average molecular weight is 1090 g/mol. The third-order valence-electron chi connectivity index (χ3n) is 13.8. The second-order valence-electron chi connectivity index (χ2n) is 19.9. The molecule has 0 saturated heterocycles. The predicted molar refractivity (Wildman–Crippen MR) is 290 cm³/mol. The Morgan fingerprint density at radius 1 is 0.544 bits per heavy atom. The number of carboxylic acids is 1. The summed E-state index contributed by atoms with van der Waals surface area (Å²) in [6, 6.07) is 28.9. The number of fused-ring (bicyclic) bond motifs is 2. The number of ether oxygens (including phenoxy) is 1. The molecule has 6 aromatic carbocycles. The molecule has 2 aliphatic carbocycles. The number of carboxylic acid groups (broad SMARTS) is 1. The van der Waals surface area contributed by atoms with Gasteiger partial charge in [0, 0.05) is 47.7 Å². The number of carbonyl (C=O) groups is 4. The van der Waals surface area contributed by atoms with Crippen LogP contribution in [0.15, 0.2) is 110 Å². The summed E-state index contributed by atoms with van der Waals surface area (Å²) in [5.41, 5.74) is 12.3. The molecular formula is C59H56F6N8O6. The first kappa shape index (κ1) is 55.1. The number of hydrogen-bond donors (Lipinski definition) is 5. The van der Waals surface area contributed by atoms with Crippen LogP contribution < -0.4 is 21.3 Å². The predicted octanol–water partition coefficient (Wildman–Crippen LogP) is 12.6. The molecule has 14 nitrogen and oxygen atoms in total. The van der Waals surface area contributed by atoms with Gasteiger partial charge in [-0.05, 0) is 171 Å². The van der Waals surface area contributed by atoms with Crippen LogP contribution in [0.4, 0.5) is 37.7 Å². The van der Waals surface area contributed by atoms with Gasteiger partial charge in [-0.2, -0.15) is 26.3 Å². The minimum Gasteiger partial charge on any atom is -0.478 e. The van der Waals surface area contributed by atoms with E-state index >= 15 is 0 Å². The summed E-state index contributed by atoms with van der Waals surface area (Å²) in [5, 5.41) is 21.2. The van der Waals surface area contributed by atoms with Gasteiger partial charge in [0.05, 0.1) is 53.5 Å². The molecule has 2 amide bonds. The van der Waals surface area contributed by atoms with Crippen molar-refractivity contribution in [2.45, 2.75) is 90.7 Å². The lowest BCUT2D eigenvalue weighted by Crippen LogP contribution is -2.26. The van der Waals surface area contributed by atoms with Crippen LogP contribution in [0.2, 0.25) is 0 Å². The van der Waals surface area contributed by atoms with Crippen LogP contribution in [-0.4, -0.2) is 92.6 Å². The topological polar surface area (TPSA) is 181 Å². The van der Waals surface area contributed by atoms with E-state index in [1.807, 2.05) is 65.4 Å². The molecule has 10 rings (SSSR count). The number of aryl methyl sites for hydroxylation is 4. The number of aromatic nitrogens is 4. The van der Waals surface area contributed by atoms with Crippen molar-refractivity contribution in [3.8, 4) is 33.6 Å². The molecule has 2 heterocycles. The molecule has 2 aliphatic rings. The highest BCUT2D eigenvalue weighted by molar-refractivity contribution is 5.99. The SMILES string of the molecule is COC(=O)c1ccc(-c2cc(NCCC(F)(F)F)c3ncn(-c4ccc(C(=O)NC5CC5)c(C)c4)c3c2)cc1C.Cc1cc(-c2cc(NCCC(F)(F)F)c3ncn(-c4ccc(C(=O)NC5CC5)c(C)c4)c3c2)ccc1C(=O)O. The van der Waals surface area contributed by atoms with Crippen LogP contribution in [0.1, 0.15) is 102 Å². The molecule has 79 heavy (non-hydrogen) atoms. The number of halogens is 6. The van der Waals surface area contributed by atoms with Gasteiger partial charge in [-0.1, -0.05) is 24.3 Å². The standard InChI is InChI=1S/C30H29F3N4O3.C29H27F3N4O3/c1-17-12-19(4-8-24(17)29(39)40-3)20-14-25(34-11-10-30(31,32)33)27-26(15-20)37(16-35-27)22-7-9-23(18(2)13-22)28(38)36-21-5-6-21;1-16-11-18(3-7-23(16)28(38)39)19-13-24(33-10-9-29(30,31)32)26-25(14-19)36(15-34-26)21-6-8-22(17(2)12-21)27(37)35-20-4-5-20/h4,7-9,12-16,21,34H,5-6,10-11H2,1-3H3,(H,36,38);3,6-8,11-15,20,33H,4-5,9-10H2,1-2H3,(H,35,37)(H,38,39). The van der Waals surface area contributed by atoms with Gasteiger partial charge in [-0.3, -0.25) is 18.7 Å². The molecule has 0 unspecified atom stereocenters. The van der Waals surface area contributed by atoms with E-state index in [2.05, 4.69) is 31.2 Å². The molecule has 0 aliphatic heterocycles. The Morgan fingerprint density at radius 3 is 1.29 bits per heavy atom. The van der Waals surface area contributed by atoms with Crippen LogP contribution in [-0.2, 0) is 4.74 Å². The zero-order valence-electron chi connectivity index (χ0n) is 43.7. The minimum absolute atomic E-state index is 0.105. The van der Waals surface area contributed by atoms with Crippen LogP contribution in [0.5, 0.6) is 0 Å². The van der Waals surface area contributed by atoms with E-state index in [1.54, 1.807) is 75.0 Å². The molecule has 5 N–H and O–H groups in total. The van der Waals surface area contributed by atoms with Gasteiger partial charge in [0.15, 0.2) is 0 Å². The second kappa shape index (κ2) is 22.4. The maximum Gasteiger partial charge on any atom is 0.390 e. The number of alkyl halides is 6. The highest BCUT2D eigenvalue weighted by atomic mass is 19.4. The summed E-state index contributed by atoms with van der Waals surface area (Å²) < 4.78 is 85.8. The molecule has 8 aromatic rings. The third kappa shape index (κ3) is 13.0. The number of rotatable bonds is 16. The first-order valence-corrected chi connectivity index (χ1v) is 25.5. The first-order chi connectivity index (χ1) is 37.5. The average Bonchev–Trinajstić information content (AvgIpc) is 4.46. The van der Waals surface area contributed by atoms with Crippen molar-refractivity contribution < 1.29 is 55.4 Å². The zero-order valence-corrected chi connectivity index (χ0v) is 43.7. The van der Waals surface area contributed by atoms with Crippen molar-refractivity contribution >= 4 is 57.2 Å². The van der Waals surface area contributed by atoms with Crippen molar-refractivity contribution in [3.05, 3.63) is 154 Å². The van der Waals surface area contributed by atoms with Crippen molar-refractivity contribution in [1.29, 1.82) is 0 Å². The highest BCUT2D eigenvalue weighted by Crippen LogP contribution is 2.36. The van der Waals surface area contributed by atoms with Gasteiger partial charge in [0.1, 0.15) is 23.7 Å². The number of hydrogen-bond acceptors (Lipinski definition) is 9. The highest BCUT2D eigenvalue weighted by Gasteiger charge is 2.29. The van der Waals surface area contributed by atoms with Crippen molar-refractivity contribution in [3.63, 3.8) is 0 Å². The maximum atomic E-state index is 12.9. The summed E-state index contributed by atoms with van der Waals surface area (Å²) in [5.74, 6) is -1.70. The number of nitrogens with one attached hydrogen (secondary N) is 4. The Kier molecular flexibility index (Phi) is 15.6. The lowest BCUT2D eigenvalue weighted by atomic mass is 9.98. The molecule has 0 bridgehead atoms. The van der Waals surface area contributed by atoms with Crippen LogP contribution in [0.25, 0.3) is 55.7 Å². The lowest BCUT2D eigenvalue weighted by Gasteiger charge is -2.14. The van der Waals surface area contributed by atoms with Crippen molar-refractivity contribution in [1.82, 2.24) is 29.7 Å². The number of anilines is 2. The second-order valence-corrected chi connectivity index (χ2v) is 19.9. The molecule has 0 radical (unpaired) electrons. The number of imidazole rings is 2. The molecule has 2 fully saturated rings. The van der Waals surface area contributed by atoms with Gasteiger partial charge in [-0.15, -0.1) is 0 Å². The smallest absolute Gasteiger partial charge is 0.390 e. The van der Waals surface area contributed by atoms with Gasteiger partial charge < -0.3 is 31.1 Å².